The molecule has 0 aromatic heterocycles. The molecule has 92 valence electrons. The van der Waals surface area contributed by atoms with Crippen molar-refractivity contribution in [1.82, 2.24) is 0 Å². The van der Waals surface area contributed by atoms with Gasteiger partial charge in [0.1, 0.15) is 0 Å². The van der Waals surface area contributed by atoms with Gasteiger partial charge in [-0.1, -0.05) is 50.6 Å². The second kappa shape index (κ2) is 7.14. The minimum Gasteiger partial charge on any atom is -0.391 e. The zero-order valence-corrected chi connectivity index (χ0v) is 11.0. The van der Waals surface area contributed by atoms with Crippen molar-refractivity contribution in [2.45, 2.75) is 45.6 Å². The number of aliphatic hydroxyl groups is 1. The largest absolute Gasteiger partial charge is 0.391 e. The quantitative estimate of drug-likeness (QED) is 0.766. The van der Waals surface area contributed by atoms with Crippen LogP contribution in [-0.2, 0) is 0 Å². The molecule has 1 nitrogen and oxygen atoms in total. The van der Waals surface area contributed by atoms with Gasteiger partial charge in [-0.2, -0.15) is 0 Å². The Bertz CT molecular complexity index is 372. The van der Waals surface area contributed by atoms with E-state index in [1.807, 2.05) is 25.1 Å². The summed E-state index contributed by atoms with van der Waals surface area (Å²) < 4.78 is 0. The van der Waals surface area contributed by atoms with Crippen LogP contribution in [0.4, 0.5) is 0 Å². The Morgan fingerprint density at radius 3 is 2.41 bits per heavy atom. The number of hydrogen-bond acceptors (Lipinski definition) is 1. The smallest absolute Gasteiger partial charge is 0.0720 e. The molecule has 0 radical (unpaired) electrons. The molecule has 3 unspecified atom stereocenters. The SMILES string of the molecule is CC#CCC(O)C(c1ccccc1)C(C)CC. The van der Waals surface area contributed by atoms with Gasteiger partial charge in [0.2, 0.25) is 0 Å². The van der Waals surface area contributed by atoms with Gasteiger partial charge in [0.05, 0.1) is 6.10 Å². The molecule has 1 N–H and O–H groups in total. The number of aliphatic hydroxyl groups excluding tert-OH is 1. The summed E-state index contributed by atoms with van der Waals surface area (Å²) in [5, 5.41) is 10.3. The van der Waals surface area contributed by atoms with Gasteiger partial charge >= 0.3 is 0 Å². The van der Waals surface area contributed by atoms with E-state index in [1.165, 1.54) is 5.56 Å². The molecule has 0 aliphatic rings. The van der Waals surface area contributed by atoms with E-state index in [0.717, 1.165) is 6.42 Å². The zero-order valence-electron chi connectivity index (χ0n) is 11.0. The Kier molecular flexibility index (Phi) is 5.80. The predicted octanol–water partition coefficient (Wildman–Crippen LogP) is 3.59. The van der Waals surface area contributed by atoms with Crippen molar-refractivity contribution >= 4 is 0 Å². The first-order valence-electron chi connectivity index (χ1n) is 6.33. The lowest BCUT2D eigenvalue weighted by Gasteiger charge is -2.27. The van der Waals surface area contributed by atoms with Crippen LogP contribution >= 0.6 is 0 Å². The third kappa shape index (κ3) is 3.91. The number of benzene rings is 1. The second-order valence-corrected chi connectivity index (χ2v) is 4.52. The van der Waals surface area contributed by atoms with E-state index in [1.54, 1.807) is 0 Å². The summed E-state index contributed by atoms with van der Waals surface area (Å²) in [6.45, 7) is 6.17. The topological polar surface area (TPSA) is 20.2 Å². The molecule has 0 heterocycles. The molecule has 0 bridgehead atoms. The molecule has 0 aliphatic carbocycles. The van der Waals surface area contributed by atoms with Crippen molar-refractivity contribution in [3.05, 3.63) is 35.9 Å². The molecule has 17 heavy (non-hydrogen) atoms. The third-order valence-corrected chi connectivity index (χ3v) is 3.34. The van der Waals surface area contributed by atoms with E-state index < -0.39 is 0 Å². The van der Waals surface area contributed by atoms with Crippen LogP contribution in [0, 0.1) is 17.8 Å². The maximum atomic E-state index is 10.3. The highest BCUT2D eigenvalue weighted by atomic mass is 16.3. The molecular weight excluding hydrogens is 208 g/mol. The van der Waals surface area contributed by atoms with Gasteiger partial charge in [0.15, 0.2) is 0 Å². The van der Waals surface area contributed by atoms with Gasteiger partial charge in [0, 0.05) is 12.3 Å². The molecule has 1 heteroatoms. The van der Waals surface area contributed by atoms with Gasteiger partial charge in [-0.15, -0.1) is 11.8 Å². The molecule has 0 saturated carbocycles. The van der Waals surface area contributed by atoms with Gasteiger partial charge in [-0.3, -0.25) is 0 Å². The van der Waals surface area contributed by atoms with E-state index in [2.05, 4.69) is 37.8 Å². The van der Waals surface area contributed by atoms with Crippen molar-refractivity contribution in [2.24, 2.45) is 5.92 Å². The van der Waals surface area contributed by atoms with Crippen molar-refractivity contribution in [3.63, 3.8) is 0 Å². The molecule has 1 rings (SSSR count). The van der Waals surface area contributed by atoms with Crippen LogP contribution in [0.15, 0.2) is 30.3 Å². The monoisotopic (exact) mass is 230 g/mol. The molecule has 1 aromatic rings. The normalized spacial score (nSPS) is 15.5. The summed E-state index contributed by atoms with van der Waals surface area (Å²) in [5.41, 5.74) is 1.22. The van der Waals surface area contributed by atoms with Crippen LogP contribution in [0.25, 0.3) is 0 Å². The van der Waals surface area contributed by atoms with Crippen LogP contribution in [0.5, 0.6) is 0 Å². The van der Waals surface area contributed by atoms with Gasteiger partial charge in [0.25, 0.3) is 0 Å². The van der Waals surface area contributed by atoms with Gasteiger partial charge in [-0.05, 0) is 18.4 Å². The fourth-order valence-electron chi connectivity index (χ4n) is 2.19. The number of hydrogen-bond donors (Lipinski definition) is 1. The summed E-state index contributed by atoms with van der Waals surface area (Å²) in [6.07, 6.45) is 1.25. The molecule has 0 aliphatic heterocycles. The first-order chi connectivity index (χ1) is 8.20. The lowest BCUT2D eigenvalue weighted by atomic mass is 9.80. The summed E-state index contributed by atoms with van der Waals surface area (Å²) in [5.74, 6) is 6.48. The Morgan fingerprint density at radius 1 is 1.24 bits per heavy atom. The molecule has 0 fully saturated rings. The van der Waals surface area contributed by atoms with E-state index >= 15 is 0 Å². The van der Waals surface area contributed by atoms with Crippen LogP contribution in [0.2, 0.25) is 0 Å². The average molecular weight is 230 g/mol. The fourth-order valence-corrected chi connectivity index (χ4v) is 2.19. The summed E-state index contributed by atoms with van der Waals surface area (Å²) in [7, 11) is 0. The standard InChI is InChI=1S/C16H22O/c1-4-6-12-15(17)16(13(3)5-2)14-10-8-7-9-11-14/h7-11,13,15-17H,5,12H2,1-3H3. The van der Waals surface area contributed by atoms with Crippen LogP contribution in [-0.4, -0.2) is 11.2 Å². The molecule has 0 amide bonds. The van der Waals surface area contributed by atoms with Gasteiger partial charge in [-0.25, -0.2) is 0 Å². The van der Waals surface area contributed by atoms with E-state index in [-0.39, 0.29) is 12.0 Å². The highest BCUT2D eigenvalue weighted by Crippen LogP contribution is 2.31. The highest BCUT2D eigenvalue weighted by molar-refractivity contribution is 5.22. The molecule has 1 aromatic carbocycles. The van der Waals surface area contributed by atoms with Crippen molar-refractivity contribution in [1.29, 1.82) is 0 Å². The summed E-state index contributed by atoms with van der Waals surface area (Å²) in [4.78, 5) is 0. The molecule has 0 spiro atoms. The Labute approximate surface area is 105 Å². The Hall–Kier alpha value is -1.26. The molecule has 0 saturated heterocycles. The summed E-state index contributed by atoms with van der Waals surface area (Å²) in [6, 6.07) is 10.3. The molecular formula is C16H22O. The maximum Gasteiger partial charge on any atom is 0.0720 e. The third-order valence-electron chi connectivity index (χ3n) is 3.34. The van der Waals surface area contributed by atoms with Crippen molar-refractivity contribution < 1.29 is 5.11 Å². The predicted molar refractivity (Wildman–Crippen MR) is 72.7 cm³/mol. The Balaban J connectivity index is 2.90. The Morgan fingerprint density at radius 2 is 1.88 bits per heavy atom. The molecule has 3 atom stereocenters. The lowest BCUT2D eigenvalue weighted by Crippen LogP contribution is -2.24. The summed E-state index contributed by atoms with van der Waals surface area (Å²) >= 11 is 0. The van der Waals surface area contributed by atoms with E-state index in [4.69, 9.17) is 0 Å². The highest BCUT2D eigenvalue weighted by Gasteiger charge is 2.25. The van der Waals surface area contributed by atoms with Crippen LogP contribution in [0.1, 0.15) is 45.1 Å². The number of rotatable bonds is 5. The van der Waals surface area contributed by atoms with Crippen molar-refractivity contribution in [2.75, 3.05) is 0 Å². The zero-order chi connectivity index (χ0) is 12.7. The maximum absolute atomic E-state index is 10.3. The van der Waals surface area contributed by atoms with Crippen molar-refractivity contribution in [3.8, 4) is 11.8 Å². The minimum absolute atomic E-state index is 0.182. The van der Waals surface area contributed by atoms with Gasteiger partial charge < -0.3 is 5.11 Å². The van der Waals surface area contributed by atoms with Crippen LogP contribution < -0.4 is 0 Å². The average Bonchev–Trinajstić information content (AvgIpc) is 2.37. The first-order valence-corrected chi connectivity index (χ1v) is 6.33. The minimum atomic E-state index is -0.375. The van der Waals surface area contributed by atoms with Crippen LogP contribution in [0.3, 0.4) is 0 Å². The first kappa shape index (κ1) is 13.8. The fraction of sp³-hybridized carbons (Fsp3) is 0.500. The van der Waals surface area contributed by atoms with E-state index in [9.17, 15) is 5.11 Å². The van der Waals surface area contributed by atoms with E-state index in [0.29, 0.717) is 12.3 Å². The lowest BCUT2D eigenvalue weighted by molar-refractivity contribution is 0.121. The second-order valence-electron chi connectivity index (χ2n) is 4.52.